The summed E-state index contributed by atoms with van der Waals surface area (Å²) >= 11 is 0. The first kappa shape index (κ1) is 25.3. The van der Waals surface area contributed by atoms with Crippen LogP contribution in [0.2, 0.25) is 0 Å². The van der Waals surface area contributed by atoms with E-state index in [4.69, 9.17) is 5.73 Å². The minimum Gasteiger partial charge on any atom is -0.398 e. The summed E-state index contributed by atoms with van der Waals surface area (Å²) in [5, 5.41) is 16.5. The molecule has 0 aromatic heterocycles. The first-order valence-corrected chi connectivity index (χ1v) is 13.0. The molecule has 3 aliphatic rings. The maximum absolute atomic E-state index is 9.67. The van der Waals surface area contributed by atoms with Gasteiger partial charge in [-0.25, -0.2) is 0 Å². The zero-order valence-electron chi connectivity index (χ0n) is 21.6. The van der Waals surface area contributed by atoms with Crippen molar-refractivity contribution in [3.8, 4) is 0 Å². The Balaban J connectivity index is 1.83. The first-order valence-electron chi connectivity index (χ1n) is 13.0. The van der Waals surface area contributed by atoms with Crippen molar-refractivity contribution < 1.29 is 5.11 Å². The van der Waals surface area contributed by atoms with Gasteiger partial charge in [-0.15, -0.1) is 0 Å². The Labute approximate surface area is 210 Å². The summed E-state index contributed by atoms with van der Waals surface area (Å²) in [4.78, 5) is 6.86. The standard InChI is InChI=1S/C29H41N5O/c1-5-20-11-13-31-29-27(20)23(21-9-10-25-26(16-21)33-18-32-25)17-22(28(29)24(30)12-15-35)19(2)8-6-7-14-34(3)4/h9-13,16-20,25-26,31,35H,5-8,14-15,30H2,1-4H3,(H,32,33)/b24-12-. The van der Waals surface area contributed by atoms with Gasteiger partial charge in [0.2, 0.25) is 0 Å². The highest BCUT2D eigenvalue weighted by molar-refractivity contribution is 5.90. The predicted molar refractivity (Wildman–Crippen MR) is 149 cm³/mol. The summed E-state index contributed by atoms with van der Waals surface area (Å²) in [6.45, 7) is 5.56. The van der Waals surface area contributed by atoms with Gasteiger partial charge in [0.15, 0.2) is 0 Å². The van der Waals surface area contributed by atoms with Gasteiger partial charge >= 0.3 is 0 Å². The number of aliphatic imine (C=N–C) groups is 1. The van der Waals surface area contributed by atoms with Crippen molar-refractivity contribution in [3.63, 3.8) is 0 Å². The fourth-order valence-electron chi connectivity index (χ4n) is 5.46. The number of hydrogen-bond donors (Lipinski definition) is 4. The van der Waals surface area contributed by atoms with Gasteiger partial charge in [-0.3, -0.25) is 4.99 Å². The molecule has 188 valence electrons. The summed E-state index contributed by atoms with van der Waals surface area (Å²) < 4.78 is 0. The van der Waals surface area contributed by atoms with E-state index in [1.54, 1.807) is 6.08 Å². The smallest absolute Gasteiger partial charge is 0.0943 e. The number of hydrogen-bond acceptors (Lipinski definition) is 6. The van der Waals surface area contributed by atoms with E-state index in [1.807, 2.05) is 12.5 Å². The molecule has 0 saturated heterocycles. The number of fused-ring (bicyclic) bond motifs is 2. The van der Waals surface area contributed by atoms with Crippen molar-refractivity contribution in [1.29, 1.82) is 0 Å². The Hall–Kier alpha value is -2.83. The lowest BCUT2D eigenvalue weighted by atomic mass is 9.77. The second kappa shape index (κ2) is 11.3. The Morgan fingerprint density at radius 3 is 2.86 bits per heavy atom. The van der Waals surface area contributed by atoms with E-state index in [9.17, 15) is 5.11 Å². The van der Waals surface area contributed by atoms with Crippen LogP contribution >= 0.6 is 0 Å². The Bertz CT molecular complexity index is 1070. The van der Waals surface area contributed by atoms with E-state index in [0.717, 1.165) is 37.1 Å². The number of anilines is 1. The zero-order chi connectivity index (χ0) is 24.9. The average Bonchev–Trinajstić information content (AvgIpc) is 3.33. The molecule has 4 atom stereocenters. The summed E-state index contributed by atoms with van der Waals surface area (Å²) in [5.41, 5.74) is 14.4. The van der Waals surface area contributed by atoms with Crippen molar-refractivity contribution in [2.24, 2.45) is 10.7 Å². The van der Waals surface area contributed by atoms with Crippen LogP contribution in [0.15, 0.2) is 47.6 Å². The Morgan fingerprint density at radius 2 is 2.11 bits per heavy atom. The van der Waals surface area contributed by atoms with E-state index in [1.165, 1.54) is 28.7 Å². The van der Waals surface area contributed by atoms with Crippen LogP contribution in [-0.4, -0.2) is 55.7 Å². The molecular weight excluding hydrogens is 434 g/mol. The number of nitrogens with zero attached hydrogens (tertiary/aromatic N) is 2. The molecule has 1 aromatic carbocycles. The molecule has 35 heavy (non-hydrogen) atoms. The number of nitrogens with one attached hydrogen (secondary N) is 2. The molecule has 0 bridgehead atoms. The number of allylic oxidation sites excluding steroid dienone is 3. The van der Waals surface area contributed by atoms with Crippen molar-refractivity contribution in [2.45, 2.75) is 63.5 Å². The predicted octanol–water partition coefficient (Wildman–Crippen LogP) is 4.57. The molecular formula is C29H41N5O. The number of benzene rings is 1. The van der Waals surface area contributed by atoms with Gasteiger partial charge in [-0.1, -0.05) is 38.5 Å². The fourth-order valence-corrected chi connectivity index (χ4v) is 5.46. The molecule has 0 saturated carbocycles. The lowest BCUT2D eigenvalue weighted by molar-refractivity contribution is 0.343. The molecule has 2 heterocycles. The van der Waals surface area contributed by atoms with Crippen LogP contribution in [-0.2, 0) is 0 Å². The molecule has 4 rings (SSSR count). The minimum atomic E-state index is -0.0754. The minimum absolute atomic E-state index is 0.0754. The molecule has 1 aliphatic carbocycles. The van der Waals surface area contributed by atoms with Gasteiger partial charge in [-0.05, 0) is 92.5 Å². The van der Waals surface area contributed by atoms with Gasteiger partial charge in [0.05, 0.1) is 30.7 Å². The SMILES string of the molecule is CCC1C=CNc2c(/C(N)=C/CO)c(C(C)CCCCN(C)C)cc(C3=CC4N=CNC4C=C3)c21. The van der Waals surface area contributed by atoms with Crippen molar-refractivity contribution in [2.75, 3.05) is 32.6 Å². The average molecular weight is 476 g/mol. The second-order valence-electron chi connectivity index (χ2n) is 10.2. The van der Waals surface area contributed by atoms with Crippen LogP contribution in [0, 0.1) is 0 Å². The highest BCUT2D eigenvalue weighted by atomic mass is 16.2. The molecule has 2 aliphatic heterocycles. The Kier molecular flexibility index (Phi) is 8.14. The fraction of sp³-hybridized carbons (Fsp3) is 0.483. The van der Waals surface area contributed by atoms with Gasteiger partial charge in [-0.2, -0.15) is 0 Å². The molecule has 0 spiro atoms. The van der Waals surface area contributed by atoms with Crippen LogP contribution in [0.4, 0.5) is 5.69 Å². The van der Waals surface area contributed by atoms with Gasteiger partial charge < -0.3 is 26.4 Å². The molecule has 5 N–H and O–H groups in total. The lowest BCUT2D eigenvalue weighted by Gasteiger charge is -2.31. The van der Waals surface area contributed by atoms with Crippen LogP contribution in [0.1, 0.15) is 73.6 Å². The molecule has 0 amide bonds. The van der Waals surface area contributed by atoms with Gasteiger partial charge in [0, 0.05) is 17.2 Å². The molecule has 6 heteroatoms. The van der Waals surface area contributed by atoms with Gasteiger partial charge in [0.25, 0.3) is 0 Å². The lowest BCUT2D eigenvalue weighted by Crippen LogP contribution is -2.30. The van der Waals surface area contributed by atoms with E-state index < -0.39 is 0 Å². The highest BCUT2D eigenvalue weighted by Gasteiger charge is 2.30. The van der Waals surface area contributed by atoms with Crippen molar-refractivity contribution >= 4 is 23.3 Å². The van der Waals surface area contributed by atoms with Crippen molar-refractivity contribution in [3.05, 3.63) is 64.9 Å². The van der Waals surface area contributed by atoms with Crippen LogP contribution in [0.3, 0.4) is 0 Å². The highest BCUT2D eigenvalue weighted by Crippen LogP contribution is 2.46. The van der Waals surface area contributed by atoms with E-state index >= 15 is 0 Å². The number of nitrogens with two attached hydrogens (primary N) is 1. The van der Waals surface area contributed by atoms with E-state index in [0.29, 0.717) is 17.5 Å². The topological polar surface area (TPSA) is 85.9 Å². The summed E-state index contributed by atoms with van der Waals surface area (Å²) in [7, 11) is 4.25. The van der Waals surface area contributed by atoms with Crippen LogP contribution < -0.4 is 16.4 Å². The number of aliphatic hydroxyl groups excluding tert-OH is 1. The Morgan fingerprint density at radius 1 is 1.29 bits per heavy atom. The number of aliphatic hydroxyl groups is 1. The normalized spacial score (nSPS) is 23.5. The molecule has 4 unspecified atom stereocenters. The summed E-state index contributed by atoms with van der Waals surface area (Å²) in [5.74, 6) is 0.630. The molecule has 0 radical (unpaired) electrons. The summed E-state index contributed by atoms with van der Waals surface area (Å²) in [6, 6.07) is 2.74. The monoisotopic (exact) mass is 475 g/mol. The maximum Gasteiger partial charge on any atom is 0.0943 e. The third-order valence-corrected chi connectivity index (χ3v) is 7.41. The largest absolute Gasteiger partial charge is 0.398 e. The van der Waals surface area contributed by atoms with Gasteiger partial charge in [0.1, 0.15) is 0 Å². The van der Waals surface area contributed by atoms with E-state index in [-0.39, 0.29) is 18.7 Å². The van der Waals surface area contributed by atoms with Crippen LogP contribution in [0.5, 0.6) is 0 Å². The van der Waals surface area contributed by atoms with E-state index in [2.05, 4.69) is 78.8 Å². The summed E-state index contributed by atoms with van der Waals surface area (Å²) in [6.07, 6.45) is 19.0. The van der Waals surface area contributed by atoms with Crippen LogP contribution in [0.25, 0.3) is 11.3 Å². The third-order valence-electron chi connectivity index (χ3n) is 7.41. The molecule has 6 nitrogen and oxygen atoms in total. The molecule has 1 aromatic rings. The first-order chi connectivity index (χ1) is 16.9. The van der Waals surface area contributed by atoms with Crippen molar-refractivity contribution in [1.82, 2.24) is 10.2 Å². The molecule has 0 fully saturated rings. The second-order valence-corrected chi connectivity index (χ2v) is 10.2. The quantitative estimate of drug-likeness (QED) is 0.373. The maximum atomic E-state index is 9.67. The zero-order valence-corrected chi connectivity index (χ0v) is 21.6. The number of rotatable bonds is 10. The number of unbranched alkanes of at least 4 members (excludes halogenated alkanes) is 1. The third kappa shape index (κ3) is 5.39.